The van der Waals surface area contributed by atoms with Gasteiger partial charge in [0.15, 0.2) is 0 Å². The number of nitrogens with one attached hydrogen (secondary N) is 3. The van der Waals surface area contributed by atoms with Crippen molar-refractivity contribution in [3.63, 3.8) is 0 Å². The fourth-order valence-electron chi connectivity index (χ4n) is 8.04. The molecule has 4 aliphatic heterocycles. The number of hydrogen-bond donors (Lipinski definition) is 5. The average Bonchev–Trinajstić information content (AvgIpc) is 3.81. The third-order valence-corrected chi connectivity index (χ3v) is 12.1. The zero-order valence-electron chi connectivity index (χ0n) is 36.1. The standard InChI is InChI=1S/C23H21F3N3O8P.C22H18F3N3O4/c24-16-4-2-15(3-5-16)23(25,26)22(33)27-10-13-1-6-17-14(9-13)11-28(20(17)31)18-7-8-19(30)29(21(18)32)12-37-38(34,35)36;23-15-4-2-14(3-5-15)22(24,25)21(32)26-10-12-1-6-16-13(9-12)11-28(20(16)31)17-7-8-18(29)27-19(17)30/h1-6,9,18H,7-8,10-12H2,(H,27,33)(H2,34,35,36);1-6,9,17H,7-8,10-11H2,(H,26,32)(H,27,29,30). The number of fused-ring (bicyclic) bond motifs is 2. The minimum Gasteiger partial charge on any atom is -0.346 e. The number of likely N-dealkylation sites (tertiary alicyclic amines) is 1. The molecule has 0 aromatic heterocycles. The summed E-state index contributed by atoms with van der Waals surface area (Å²) in [5.74, 6) is -15.7. The van der Waals surface area contributed by atoms with Crippen molar-refractivity contribution < 1.29 is 83.6 Å². The van der Waals surface area contributed by atoms with E-state index in [4.69, 9.17) is 9.79 Å². The van der Waals surface area contributed by atoms with Crippen LogP contribution in [0.4, 0.5) is 26.3 Å². The Hall–Kier alpha value is -7.27. The molecule has 8 amide bonds. The minimum absolute atomic E-state index is 0.00874. The van der Waals surface area contributed by atoms with Crippen LogP contribution < -0.4 is 16.0 Å². The molecule has 2 saturated heterocycles. The van der Waals surface area contributed by atoms with Crippen LogP contribution in [0.3, 0.4) is 0 Å². The summed E-state index contributed by atoms with van der Waals surface area (Å²) in [5.41, 5.74) is 1.24. The number of alkyl halides is 4. The molecule has 2 fully saturated rings. The Morgan fingerprint density at radius 3 is 1.56 bits per heavy atom. The van der Waals surface area contributed by atoms with Crippen molar-refractivity contribution in [2.45, 2.75) is 75.8 Å². The molecule has 0 saturated carbocycles. The van der Waals surface area contributed by atoms with E-state index in [1.807, 2.05) is 0 Å². The molecule has 8 rings (SSSR count). The van der Waals surface area contributed by atoms with Gasteiger partial charge in [0.25, 0.3) is 29.5 Å². The number of imide groups is 2. The van der Waals surface area contributed by atoms with Gasteiger partial charge in [-0.2, -0.15) is 17.6 Å². The van der Waals surface area contributed by atoms with Crippen molar-refractivity contribution in [2.75, 3.05) is 6.73 Å². The first-order chi connectivity index (χ1) is 32.9. The fraction of sp³-hybridized carbons (Fsp3) is 0.289. The zero-order valence-corrected chi connectivity index (χ0v) is 37.0. The van der Waals surface area contributed by atoms with Crippen molar-refractivity contribution in [1.29, 1.82) is 0 Å². The molecule has 2 unspecified atom stereocenters. The van der Waals surface area contributed by atoms with Crippen molar-refractivity contribution in [2.24, 2.45) is 0 Å². The van der Waals surface area contributed by atoms with Crippen LogP contribution in [0, 0.1) is 11.6 Å². The number of amides is 8. The summed E-state index contributed by atoms with van der Waals surface area (Å²) >= 11 is 0. The van der Waals surface area contributed by atoms with Crippen molar-refractivity contribution in [3.05, 3.63) is 141 Å². The molecule has 0 bridgehead atoms. The molecular weight excluding hydrogens is 961 g/mol. The predicted molar refractivity (Wildman–Crippen MR) is 226 cm³/mol. The number of phosphoric ester groups is 1. The van der Waals surface area contributed by atoms with E-state index in [-0.39, 0.29) is 69.2 Å². The second-order valence-electron chi connectivity index (χ2n) is 16.3. The molecule has 0 aliphatic carbocycles. The van der Waals surface area contributed by atoms with Crippen molar-refractivity contribution in [1.82, 2.24) is 30.7 Å². The number of halogens is 6. The van der Waals surface area contributed by atoms with E-state index >= 15 is 0 Å². The maximum Gasteiger partial charge on any atom is 0.471 e. The molecule has 368 valence electrons. The van der Waals surface area contributed by atoms with Crippen LogP contribution >= 0.6 is 7.82 Å². The normalized spacial score (nSPS) is 18.3. The Balaban J connectivity index is 0.000000209. The lowest BCUT2D eigenvalue weighted by atomic mass is 10.0. The quantitative estimate of drug-likeness (QED) is 0.0730. The van der Waals surface area contributed by atoms with Gasteiger partial charge in [0.1, 0.15) is 30.4 Å². The van der Waals surface area contributed by atoms with Gasteiger partial charge in [-0.1, -0.05) is 24.3 Å². The second-order valence-corrected chi connectivity index (χ2v) is 17.5. The van der Waals surface area contributed by atoms with E-state index in [2.05, 4.69) is 20.5 Å². The van der Waals surface area contributed by atoms with Gasteiger partial charge in [-0.15, -0.1) is 0 Å². The number of phosphoric acid groups is 1. The summed E-state index contributed by atoms with van der Waals surface area (Å²) < 4.78 is 98.7. The highest BCUT2D eigenvalue weighted by Gasteiger charge is 2.45. The van der Waals surface area contributed by atoms with E-state index in [1.54, 1.807) is 6.07 Å². The number of nitrogens with zero attached hydrogens (tertiary/aromatic N) is 3. The lowest BCUT2D eigenvalue weighted by Gasteiger charge is -2.35. The van der Waals surface area contributed by atoms with Crippen LogP contribution in [-0.4, -0.2) is 90.6 Å². The maximum atomic E-state index is 14.4. The first-order valence-corrected chi connectivity index (χ1v) is 22.6. The molecule has 70 heavy (non-hydrogen) atoms. The van der Waals surface area contributed by atoms with E-state index in [0.29, 0.717) is 32.7 Å². The summed E-state index contributed by atoms with van der Waals surface area (Å²) in [4.78, 5) is 119. The molecule has 4 aromatic rings. The third-order valence-electron chi connectivity index (χ3n) is 11.7. The molecule has 25 heteroatoms. The van der Waals surface area contributed by atoms with Crippen LogP contribution in [-0.2, 0) is 75.9 Å². The Morgan fingerprint density at radius 1 is 0.671 bits per heavy atom. The third kappa shape index (κ3) is 10.9. The van der Waals surface area contributed by atoms with Gasteiger partial charge in [-0.05, 0) is 95.8 Å². The van der Waals surface area contributed by atoms with Crippen molar-refractivity contribution in [3.8, 4) is 0 Å². The average molecular weight is 1000 g/mol. The van der Waals surface area contributed by atoms with Gasteiger partial charge < -0.3 is 30.2 Å². The van der Waals surface area contributed by atoms with Gasteiger partial charge in [-0.3, -0.25) is 53.1 Å². The molecule has 4 heterocycles. The highest BCUT2D eigenvalue weighted by Crippen LogP contribution is 2.37. The van der Waals surface area contributed by atoms with Gasteiger partial charge in [0, 0.05) is 61.3 Å². The first-order valence-electron chi connectivity index (χ1n) is 21.0. The Morgan fingerprint density at radius 2 is 1.11 bits per heavy atom. The van der Waals surface area contributed by atoms with E-state index in [0.717, 1.165) is 48.5 Å². The number of carbonyl (C=O) groups is 8. The zero-order chi connectivity index (χ0) is 50.9. The number of hydrogen-bond acceptors (Lipinski definition) is 10. The fourth-order valence-corrected chi connectivity index (χ4v) is 8.31. The summed E-state index contributed by atoms with van der Waals surface area (Å²) in [6, 6.07) is 13.8. The molecule has 4 aromatic carbocycles. The Bertz CT molecular complexity index is 2850. The van der Waals surface area contributed by atoms with Gasteiger partial charge in [0.2, 0.25) is 17.7 Å². The molecule has 0 radical (unpaired) electrons. The maximum absolute atomic E-state index is 14.4. The van der Waals surface area contributed by atoms with E-state index in [1.165, 1.54) is 40.1 Å². The number of carbonyl (C=O) groups excluding carboxylic acids is 8. The van der Waals surface area contributed by atoms with Gasteiger partial charge in [-0.25, -0.2) is 13.3 Å². The van der Waals surface area contributed by atoms with Gasteiger partial charge in [0.05, 0.1) is 0 Å². The highest BCUT2D eigenvalue weighted by molar-refractivity contribution is 7.46. The highest BCUT2D eigenvalue weighted by atomic mass is 31.2. The van der Waals surface area contributed by atoms with Crippen LogP contribution in [0.15, 0.2) is 84.9 Å². The van der Waals surface area contributed by atoms with E-state index in [9.17, 15) is 69.3 Å². The first kappa shape index (κ1) is 50.6. The minimum atomic E-state index is -4.96. The largest absolute Gasteiger partial charge is 0.471 e. The SMILES string of the molecule is O=C1CCC(N2Cc3cc(CNC(=O)C(F)(F)c4ccc(F)cc4)ccc3C2=O)C(=O)N1.O=C1CCC(N2Cc3cc(CNC(=O)C(F)(F)c4ccc(F)cc4)ccc3C2=O)C(=O)N1COP(=O)(O)O. The van der Waals surface area contributed by atoms with Gasteiger partial charge >= 0.3 is 19.7 Å². The summed E-state index contributed by atoms with van der Waals surface area (Å²) in [6.45, 7) is -1.41. The van der Waals surface area contributed by atoms with Crippen LogP contribution in [0.2, 0.25) is 0 Å². The Labute approximate surface area is 392 Å². The van der Waals surface area contributed by atoms with Crippen LogP contribution in [0.5, 0.6) is 0 Å². The molecule has 18 nitrogen and oxygen atoms in total. The van der Waals surface area contributed by atoms with Crippen LogP contribution in [0.25, 0.3) is 0 Å². The lowest BCUT2D eigenvalue weighted by molar-refractivity contribution is -0.156. The molecule has 5 N–H and O–H groups in total. The number of piperidine rings is 2. The predicted octanol–water partition coefficient (Wildman–Crippen LogP) is 3.77. The number of benzene rings is 4. The van der Waals surface area contributed by atoms with Crippen molar-refractivity contribution >= 4 is 55.1 Å². The summed E-state index contributed by atoms with van der Waals surface area (Å²) in [6.07, 6.45) is 0.188. The summed E-state index contributed by atoms with van der Waals surface area (Å²) in [5, 5.41) is 6.49. The lowest BCUT2D eigenvalue weighted by Crippen LogP contribution is -2.55. The smallest absolute Gasteiger partial charge is 0.346 e. The topological polar surface area (TPSA) is 249 Å². The Kier molecular flexibility index (Phi) is 14.4. The van der Waals surface area contributed by atoms with E-state index < -0.39 is 96.7 Å². The molecule has 0 spiro atoms. The van der Waals surface area contributed by atoms with Crippen LogP contribution in [0.1, 0.15) is 79.8 Å². The summed E-state index contributed by atoms with van der Waals surface area (Å²) in [7, 11) is -4.96. The molecular formula is C45H39F6N6O12P. The monoisotopic (exact) mass is 1000 g/mol. The second kappa shape index (κ2) is 20.0. The molecule has 2 atom stereocenters. The molecule has 4 aliphatic rings. The number of rotatable bonds is 13.